The van der Waals surface area contributed by atoms with Gasteiger partial charge in [0.2, 0.25) is 5.96 Å². The fraction of sp³-hybridized carbons (Fsp3) is 0.105. The second-order valence-electron chi connectivity index (χ2n) is 6.02. The maximum atomic E-state index is 13.0. The lowest BCUT2D eigenvalue weighted by molar-refractivity contribution is -0.119. The Labute approximate surface area is 165 Å². The Bertz CT molecular complexity index is 1060. The highest BCUT2D eigenvalue weighted by Gasteiger charge is 2.45. The van der Waals surface area contributed by atoms with Crippen LogP contribution in [0, 0.1) is 11.3 Å². The largest absolute Gasteiger partial charge is 0.506 e. The van der Waals surface area contributed by atoms with E-state index in [4.69, 9.17) is 28.5 Å². The Morgan fingerprint density at radius 2 is 2.07 bits per heavy atom. The van der Waals surface area contributed by atoms with Crippen molar-refractivity contribution >= 4 is 46.4 Å². The minimum absolute atomic E-state index is 0.155. The molecule has 0 aliphatic carbocycles. The number of guanidine groups is 1. The van der Waals surface area contributed by atoms with Crippen molar-refractivity contribution in [3.8, 4) is 11.8 Å². The summed E-state index contributed by atoms with van der Waals surface area (Å²) in [6.07, 6.45) is 4.21. The molecule has 0 bridgehead atoms. The predicted molar refractivity (Wildman–Crippen MR) is 103 cm³/mol. The number of anilines is 1. The van der Waals surface area contributed by atoms with Crippen molar-refractivity contribution in [3.05, 3.63) is 64.3 Å². The molecular weight excluding hydrogens is 387 g/mol. The van der Waals surface area contributed by atoms with Gasteiger partial charge in [0.05, 0.1) is 27.4 Å². The van der Waals surface area contributed by atoms with Gasteiger partial charge >= 0.3 is 0 Å². The van der Waals surface area contributed by atoms with E-state index in [9.17, 15) is 9.90 Å². The van der Waals surface area contributed by atoms with Gasteiger partial charge in [0.1, 0.15) is 17.5 Å². The van der Waals surface area contributed by atoms with Gasteiger partial charge in [-0.25, -0.2) is 9.89 Å². The highest BCUT2D eigenvalue weighted by atomic mass is 35.5. The van der Waals surface area contributed by atoms with E-state index in [1.165, 1.54) is 17.0 Å². The number of phenolic OH excluding ortho intramolecular Hbond substituents is 1. The third kappa shape index (κ3) is 2.81. The molecule has 1 atom stereocenters. The lowest BCUT2D eigenvalue weighted by atomic mass is 10.2. The second kappa shape index (κ2) is 6.62. The first-order valence-electron chi connectivity index (χ1n) is 8.06. The maximum absolute atomic E-state index is 13.0. The van der Waals surface area contributed by atoms with E-state index in [1.807, 2.05) is 12.1 Å². The summed E-state index contributed by atoms with van der Waals surface area (Å²) in [4.78, 5) is 20.6. The molecule has 1 unspecified atom stereocenters. The van der Waals surface area contributed by atoms with E-state index in [0.717, 1.165) is 0 Å². The van der Waals surface area contributed by atoms with Crippen molar-refractivity contribution in [2.75, 3.05) is 4.90 Å². The molecule has 2 heterocycles. The number of nitriles is 1. The highest BCUT2D eigenvalue weighted by Crippen LogP contribution is 2.39. The number of carbonyl (C=O) groups excluding carboxylic acids is 1. The average Bonchev–Trinajstić information content (AvgIpc) is 3.23. The molecule has 27 heavy (non-hydrogen) atoms. The predicted octanol–water partition coefficient (Wildman–Crippen LogP) is 4.19. The van der Waals surface area contributed by atoms with Gasteiger partial charge in [0.25, 0.3) is 5.91 Å². The van der Waals surface area contributed by atoms with Crippen LogP contribution in [-0.2, 0) is 4.79 Å². The third-order valence-electron chi connectivity index (χ3n) is 4.39. The molecule has 1 amide bonds. The van der Waals surface area contributed by atoms with Gasteiger partial charge in [0.15, 0.2) is 0 Å². The Balaban J connectivity index is 1.87. The van der Waals surface area contributed by atoms with Crippen LogP contribution < -0.4 is 4.90 Å². The quantitative estimate of drug-likeness (QED) is 0.821. The van der Waals surface area contributed by atoms with Crippen molar-refractivity contribution in [2.24, 2.45) is 4.99 Å². The molecule has 8 heteroatoms. The smallest absolute Gasteiger partial charge is 0.257 e. The van der Waals surface area contributed by atoms with Gasteiger partial charge in [-0.15, -0.1) is 0 Å². The fourth-order valence-corrected chi connectivity index (χ4v) is 3.48. The average molecular weight is 399 g/mol. The normalized spacial score (nSPS) is 19.7. The van der Waals surface area contributed by atoms with E-state index in [0.29, 0.717) is 28.7 Å². The number of aliphatic imine (C=N–C) groups is 1. The molecule has 0 spiro atoms. The first-order valence-corrected chi connectivity index (χ1v) is 8.81. The summed E-state index contributed by atoms with van der Waals surface area (Å²) >= 11 is 12.5. The van der Waals surface area contributed by atoms with Crippen molar-refractivity contribution in [2.45, 2.75) is 12.5 Å². The van der Waals surface area contributed by atoms with Crippen LogP contribution in [0.3, 0.4) is 0 Å². The molecule has 2 aliphatic heterocycles. The standard InChI is InChI=1S/C19H12Cl2N4O2/c20-12-3-1-4-14(17(12)21)25-18(27)15-5-2-8-24(15)19(25)23-13-7-6-11(10-22)9-16(13)26/h1-4,6-9,15,26H,5H2. The summed E-state index contributed by atoms with van der Waals surface area (Å²) in [6, 6.07) is 11.0. The topological polar surface area (TPSA) is 79.9 Å². The van der Waals surface area contributed by atoms with Crippen LogP contribution >= 0.6 is 23.2 Å². The van der Waals surface area contributed by atoms with E-state index in [2.05, 4.69) is 4.99 Å². The van der Waals surface area contributed by atoms with Gasteiger partial charge in [0, 0.05) is 6.20 Å². The molecule has 1 N–H and O–H groups in total. The van der Waals surface area contributed by atoms with Gasteiger partial charge < -0.3 is 10.0 Å². The van der Waals surface area contributed by atoms with Crippen molar-refractivity contribution in [1.82, 2.24) is 4.90 Å². The summed E-state index contributed by atoms with van der Waals surface area (Å²) in [5, 5.41) is 19.7. The minimum Gasteiger partial charge on any atom is -0.506 e. The highest BCUT2D eigenvalue weighted by molar-refractivity contribution is 6.45. The Morgan fingerprint density at radius 1 is 1.26 bits per heavy atom. The third-order valence-corrected chi connectivity index (χ3v) is 5.20. The number of nitrogens with zero attached hydrogens (tertiary/aromatic N) is 4. The van der Waals surface area contributed by atoms with Crippen molar-refractivity contribution in [1.29, 1.82) is 5.26 Å². The summed E-state index contributed by atoms with van der Waals surface area (Å²) in [7, 11) is 0. The Kier molecular flexibility index (Phi) is 4.27. The van der Waals surface area contributed by atoms with Gasteiger partial charge in [-0.2, -0.15) is 5.26 Å². The molecule has 1 saturated heterocycles. The molecule has 0 radical (unpaired) electrons. The molecule has 0 aromatic heterocycles. The number of fused-ring (bicyclic) bond motifs is 1. The van der Waals surface area contributed by atoms with Crippen LogP contribution in [0.25, 0.3) is 0 Å². The Morgan fingerprint density at radius 3 is 2.81 bits per heavy atom. The van der Waals surface area contributed by atoms with Crippen molar-refractivity contribution in [3.63, 3.8) is 0 Å². The summed E-state index contributed by atoms with van der Waals surface area (Å²) in [5.41, 5.74) is 0.970. The number of amides is 1. The summed E-state index contributed by atoms with van der Waals surface area (Å²) < 4.78 is 0. The second-order valence-corrected chi connectivity index (χ2v) is 6.80. The van der Waals surface area contributed by atoms with Crippen LogP contribution in [0.4, 0.5) is 11.4 Å². The maximum Gasteiger partial charge on any atom is 0.257 e. The van der Waals surface area contributed by atoms with Gasteiger partial charge in [-0.3, -0.25) is 4.79 Å². The van der Waals surface area contributed by atoms with Crippen LogP contribution in [0.2, 0.25) is 10.0 Å². The van der Waals surface area contributed by atoms with Gasteiger partial charge in [-0.05, 0) is 36.8 Å². The van der Waals surface area contributed by atoms with Crippen LogP contribution in [0.1, 0.15) is 12.0 Å². The molecule has 6 nitrogen and oxygen atoms in total. The number of phenols is 1. The molecule has 2 aromatic rings. The molecular formula is C19H12Cl2N4O2. The number of rotatable bonds is 2. The molecule has 0 saturated carbocycles. The molecule has 2 aromatic carbocycles. The van der Waals surface area contributed by atoms with E-state index in [-0.39, 0.29) is 22.4 Å². The van der Waals surface area contributed by atoms with Crippen LogP contribution in [0.15, 0.2) is 53.7 Å². The van der Waals surface area contributed by atoms with E-state index in [1.54, 1.807) is 35.4 Å². The lowest BCUT2D eigenvalue weighted by Gasteiger charge is -2.20. The SMILES string of the molecule is N#Cc1ccc(N=C2N(c3cccc(Cl)c3Cl)C(=O)C3CC=CN23)c(O)c1. The number of hydrogen-bond donors (Lipinski definition) is 1. The zero-order chi connectivity index (χ0) is 19.1. The number of hydrogen-bond acceptors (Lipinski definition) is 4. The molecule has 4 rings (SSSR count). The summed E-state index contributed by atoms with van der Waals surface area (Å²) in [5.74, 6) is -0.0308. The van der Waals surface area contributed by atoms with E-state index >= 15 is 0 Å². The van der Waals surface area contributed by atoms with E-state index < -0.39 is 6.04 Å². The number of halogens is 2. The first kappa shape index (κ1) is 17.4. The number of aromatic hydroxyl groups is 1. The van der Waals surface area contributed by atoms with Crippen molar-refractivity contribution < 1.29 is 9.90 Å². The zero-order valence-electron chi connectivity index (χ0n) is 13.8. The minimum atomic E-state index is -0.417. The zero-order valence-corrected chi connectivity index (χ0v) is 15.3. The molecule has 2 aliphatic rings. The van der Waals surface area contributed by atoms with Crippen LogP contribution in [-0.4, -0.2) is 27.9 Å². The molecule has 134 valence electrons. The molecule has 1 fully saturated rings. The number of benzene rings is 2. The summed E-state index contributed by atoms with van der Waals surface area (Å²) in [6.45, 7) is 0. The lowest BCUT2D eigenvalue weighted by Crippen LogP contribution is -2.33. The fourth-order valence-electron chi connectivity index (χ4n) is 3.10. The monoisotopic (exact) mass is 398 g/mol. The van der Waals surface area contributed by atoms with Crippen LogP contribution in [0.5, 0.6) is 5.75 Å². The number of carbonyl (C=O) groups is 1. The Hall–Kier alpha value is -3.01. The first-order chi connectivity index (χ1) is 13.0. The van der Waals surface area contributed by atoms with Gasteiger partial charge in [-0.1, -0.05) is 35.3 Å².